The molecule has 6 nitrogen and oxygen atoms in total. The largest absolute Gasteiger partial charge is 0.497 e. The van der Waals surface area contributed by atoms with Crippen molar-refractivity contribution < 1.29 is 9.53 Å². The van der Waals surface area contributed by atoms with Gasteiger partial charge in [-0.05, 0) is 47.2 Å². The van der Waals surface area contributed by atoms with Gasteiger partial charge in [-0.25, -0.2) is 0 Å². The van der Waals surface area contributed by atoms with E-state index in [-0.39, 0.29) is 11.9 Å². The van der Waals surface area contributed by atoms with E-state index in [1.165, 1.54) is 5.56 Å². The maximum absolute atomic E-state index is 12.7. The summed E-state index contributed by atoms with van der Waals surface area (Å²) in [6.07, 6.45) is 4.01. The molecule has 1 unspecified atom stereocenters. The van der Waals surface area contributed by atoms with E-state index in [0.29, 0.717) is 6.42 Å². The summed E-state index contributed by atoms with van der Waals surface area (Å²) in [5.74, 6) is 2.15. The van der Waals surface area contributed by atoms with Gasteiger partial charge in [0.1, 0.15) is 5.75 Å². The summed E-state index contributed by atoms with van der Waals surface area (Å²) in [6, 6.07) is 21.7. The number of benzene rings is 2. The second-order valence-corrected chi connectivity index (χ2v) is 9.56. The van der Waals surface area contributed by atoms with Crippen LogP contribution in [0.1, 0.15) is 27.9 Å². The van der Waals surface area contributed by atoms with E-state index < -0.39 is 0 Å². The zero-order chi connectivity index (χ0) is 23.8. The smallest absolute Gasteiger partial charge is 0.244 e. The Labute approximate surface area is 207 Å². The summed E-state index contributed by atoms with van der Waals surface area (Å²) in [5, 5.41) is 14.8. The number of ether oxygens (including phenoxy) is 1. The molecule has 4 aromatic rings. The molecule has 0 radical (unpaired) electrons. The van der Waals surface area contributed by atoms with Crippen molar-refractivity contribution in [2.24, 2.45) is 7.05 Å². The van der Waals surface area contributed by atoms with Gasteiger partial charge in [0.2, 0.25) is 5.91 Å². The quantitative estimate of drug-likeness (QED) is 0.242. The standard InChI is InChI=1S/C26H26N4O2S2/c1-30-25(28-29-26(30)34-18-20-10-12-21(32-2)13-11-20)23(17-19-7-4-3-5-8-19)27-24(31)15-14-22-9-6-16-33-22/h3-16,23H,17-18H2,1-2H3,(H,27,31)/b15-14+. The van der Waals surface area contributed by atoms with E-state index in [2.05, 4.69) is 27.6 Å². The van der Waals surface area contributed by atoms with Gasteiger partial charge >= 0.3 is 0 Å². The van der Waals surface area contributed by atoms with Crippen molar-refractivity contribution >= 4 is 35.1 Å². The summed E-state index contributed by atoms with van der Waals surface area (Å²) in [5.41, 5.74) is 2.29. The third kappa shape index (κ3) is 6.36. The first-order chi connectivity index (χ1) is 16.6. The van der Waals surface area contributed by atoms with Crippen LogP contribution in [0.2, 0.25) is 0 Å². The normalized spacial score (nSPS) is 12.1. The Morgan fingerprint density at radius 2 is 1.88 bits per heavy atom. The number of carbonyl (C=O) groups excluding carboxylic acids is 1. The average molecular weight is 491 g/mol. The van der Waals surface area contributed by atoms with Gasteiger partial charge in [0.25, 0.3) is 0 Å². The summed E-state index contributed by atoms with van der Waals surface area (Å²) >= 11 is 3.20. The van der Waals surface area contributed by atoms with Crippen LogP contribution in [0.5, 0.6) is 5.75 Å². The van der Waals surface area contributed by atoms with Crippen molar-refractivity contribution in [3.8, 4) is 5.75 Å². The van der Waals surface area contributed by atoms with Crippen LogP contribution >= 0.6 is 23.1 Å². The third-order valence-corrected chi connectivity index (χ3v) is 7.18. The lowest BCUT2D eigenvalue weighted by Gasteiger charge is -2.17. The van der Waals surface area contributed by atoms with E-state index in [1.54, 1.807) is 36.3 Å². The molecule has 0 bridgehead atoms. The Morgan fingerprint density at radius 3 is 2.59 bits per heavy atom. The highest BCUT2D eigenvalue weighted by Gasteiger charge is 2.22. The van der Waals surface area contributed by atoms with E-state index >= 15 is 0 Å². The summed E-state index contributed by atoms with van der Waals surface area (Å²) in [7, 11) is 3.60. The number of carbonyl (C=O) groups is 1. The Bertz CT molecular complexity index is 1220. The van der Waals surface area contributed by atoms with Gasteiger partial charge in [-0.3, -0.25) is 4.79 Å². The van der Waals surface area contributed by atoms with Crippen molar-refractivity contribution in [1.29, 1.82) is 0 Å². The molecule has 34 heavy (non-hydrogen) atoms. The van der Waals surface area contributed by atoms with Crippen LogP contribution in [0.25, 0.3) is 6.08 Å². The molecule has 0 spiro atoms. The van der Waals surface area contributed by atoms with Crippen molar-refractivity contribution in [1.82, 2.24) is 20.1 Å². The number of methoxy groups -OCH3 is 1. The van der Waals surface area contributed by atoms with Crippen molar-refractivity contribution in [3.63, 3.8) is 0 Å². The number of thiophene rings is 1. The fourth-order valence-corrected chi connectivity index (χ4v) is 4.94. The fourth-order valence-electron chi connectivity index (χ4n) is 3.45. The zero-order valence-corrected chi connectivity index (χ0v) is 20.7. The van der Waals surface area contributed by atoms with Crippen molar-refractivity contribution in [3.05, 3.63) is 100 Å². The number of nitrogens with zero attached hydrogens (tertiary/aromatic N) is 3. The lowest BCUT2D eigenvalue weighted by Crippen LogP contribution is -2.30. The first-order valence-electron chi connectivity index (χ1n) is 10.8. The predicted molar refractivity (Wildman–Crippen MR) is 138 cm³/mol. The first kappa shape index (κ1) is 23.8. The van der Waals surface area contributed by atoms with Crippen LogP contribution in [-0.2, 0) is 24.0 Å². The molecular formula is C26H26N4O2S2. The highest BCUT2D eigenvalue weighted by molar-refractivity contribution is 7.98. The summed E-state index contributed by atoms with van der Waals surface area (Å²) in [4.78, 5) is 13.8. The maximum Gasteiger partial charge on any atom is 0.244 e. The molecule has 4 rings (SSSR count). The Balaban J connectivity index is 1.49. The number of hydrogen-bond acceptors (Lipinski definition) is 6. The van der Waals surface area contributed by atoms with Gasteiger partial charge in [0.05, 0.1) is 13.2 Å². The Morgan fingerprint density at radius 1 is 1.09 bits per heavy atom. The van der Waals surface area contributed by atoms with Crippen LogP contribution in [0, 0.1) is 0 Å². The molecule has 0 fully saturated rings. The van der Waals surface area contributed by atoms with Crippen LogP contribution in [0.15, 0.2) is 83.3 Å². The minimum absolute atomic E-state index is 0.162. The predicted octanol–water partition coefficient (Wildman–Crippen LogP) is 5.29. The Kier molecular flexibility index (Phi) is 8.17. The lowest BCUT2D eigenvalue weighted by atomic mass is 10.1. The van der Waals surface area contributed by atoms with Gasteiger partial charge in [-0.2, -0.15) is 0 Å². The first-order valence-corrected chi connectivity index (χ1v) is 12.7. The number of amides is 1. The molecular weight excluding hydrogens is 464 g/mol. The van der Waals surface area contributed by atoms with E-state index in [4.69, 9.17) is 4.74 Å². The SMILES string of the molecule is COc1ccc(CSc2nnc(C(Cc3ccccc3)NC(=O)/C=C/c3cccs3)n2C)cc1. The second-order valence-electron chi connectivity index (χ2n) is 7.64. The highest BCUT2D eigenvalue weighted by Crippen LogP contribution is 2.25. The number of thioether (sulfide) groups is 1. The molecule has 1 amide bonds. The van der Waals surface area contributed by atoms with Crippen LogP contribution in [-0.4, -0.2) is 27.8 Å². The van der Waals surface area contributed by atoms with Gasteiger partial charge in [0, 0.05) is 23.8 Å². The topological polar surface area (TPSA) is 69.0 Å². The summed E-state index contributed by atoms with van der Waals surface area (Å²) < 4.78 is 7.19. The van der Waals surface area contributed by atoms with Crippen LogP contribution in [0.3, 0.4) is 0 Å². The minimum Gasteiger partial charge on any atom is -0.497 e. The van der Waals surface area contributed by atoms with Crippen LogP contribution in [0.4, 0.5) is 0 Å². The molecule has 0 aliphatic rings. The molecule has 8 heteroatoms. The monoisotopic (exact) mass is 490 g/mol. The van der Waals surface area contributed by atoms with Gasteiger partial charge in [-0.1, -0.05) is 60.3 Å². The van der Waals surface area contributed by atoms with Crippen molar-refractivity contribution in [2.75, 3.05) is 7.11 Å². The minimum atomic E-state index is -0.310. The molecule has 2 heterocycles. The molecule has 0 aliphatic heterocycles. The molecule has 2 aromatic carbocycles. The molecule has 0 aliphatic carbocycles. The average Bonchev–Trinajstić information content (AvgIpc) is 3.52. The Hall–Kier alpha value is -3.36. The summed E-state index contributed by atoms with van der Waals surface area (Å²) in [6.45, 7) is 0. The molecule has 1 atom stereocenters. The van der Waals surface area contributed by atoms with Crippen LogP contribution < -0.4 is 10.1 Å². The van der Waals surface area contributed by atoms with Crippen molar-refractivity contribution in [2.45, 2.75) is 23.4 Å². The zero-order valence-electron chi connectivity index (χ0n) is 19.0. The van der Waals surface area contributed by atoms with Gasteiger partial charge in [0.15, 0.2) is 11.0 Å². The second kappa shape index (κ2) is 11.7. The number of nitrogens with one attached hydrogen (secondary N) is 1. The lowest BCUT2D eigenvalue weighted by molar-refractivity contribution is -0.117. The number of aromatic nitrogens is 3. The van der Waals surface area contributed by atoms with E-state index in [1.807, 2.05) is 77.7 Å². The number of rotatable bonds is 10. The molecule has 174 valence electrons. The van der Waals surface area contributed by atoms with Gasteiger partial charge < -0.3 is 14.6 Å². The number of hydrogen-bond donors (Lipinski definition) is 1. The highest BCUT2D eigenvalue weighted by atomic mass is 32.2. The molecule has 2 aromatic heterocycles. The molecule has 1 N–H and O–H groups in total. The third-order valence-electron chi connectivity index (χ3n) is 5.25. The maximum atomic E-state index is 12.7. The van der Waals surface area contributed by atoms with E-state index in [9.17, 15) is 4.79 Å². The fraction of sp³-hybridized carbons (Fsp3) is 0.192. The van der Waals surface area contributed by atoms with Gasteiger partial charge in [-0.15, -0.1) is 21.5 Å². The molecule has 0 saturated carbocycles. The molecule has 0 saturated heterocycles. The van der Waals surface area contributed by atoms with E-state index in [0.717, 1.165) is 32.9 Å².